The van der Waals surface area contributed by atoms with Crippen molar-refractivity contribution in [2.75, 3.05) is 12.8 Å². The SMILES string of the molecule is Cc1cc(Cl)c(N)cc1S(=O)(=O)N(C)C(C)C. The van der Waals surface area contributed by atoms with Gasteiger partial charge in [-0.2, -0.15) is 4.31 Å². The monoisotopic (exact) mass is 276 g/mol. The number of nitrogens with two attached hydrogens (primary N) is 1. The van der Waals surface area contributed by atoms with Crippen LogP contribution in [0.15, 0.2) is 17.0 Å². The fourth-order valence-corrected chi connectivity index (χ4v) is 3.20. The van der Waals surface area contributed by atoms with Crippen molar-refractivity contribution in [2.45, 2.75) is 31.7 Å². The number of benzene rings is 1. The van der Waals surface area contributed by atoms with Crippen LogP contribution in [0.3, 0.4) is 0 Å². The van der Waals surface area contributed by atoms with Gasteiger partial charge in [-0.3, -0.25) is 0 Å². The number of nitrogens with zero attached hydrogens (tertiary/aromatic N) is 1. The van der Waals surface area contributed by atoms with Gasteiger partial charge < -0.3 is 5.73 Å². The molecule has 0 aliphatic carbocycles. The third-order valence-corrected chi connectivity index (χ3v) is 5.18. The maximum absolute atomic E-state index is 12.3. The molecule has 2 N–H and O–H groups in total. The van der Waals surface area contributed by atoms with E-state index in [1.54, 1.807) is 20.0 Å². The highest BCUT2D eigenvalue weighted by Crippen LogP contribution is 2.28. The molecule has 96 valence electrons. The van der Waals surface area contributed by atoms with Gasteiger partial charge in [-0.05, 0) is 38.5 Å². The molecule has 0 saturated carbocycles. The second-order valence-electron chi connectivity index (χ2n) is 4.25. The number of hydrogen-bond donors (Lipinski definition) is 1. The molecular formula is C11H17ClN2O2S. The Labute approximate surface area is 107 Å². The lowest BCUT2D eigenvalue weighted by Gasteiger charge is -2.22. The van der Waals surface area contributed by atoms with E-state index in [-0.39, 0.29) is 16.6 Å². The zero-order valence-corrected chi connectivity index (χ0v) is 11.9. The predicted molar refractivity (Wildman–Crippen MR) is 70.7 cm³/mol. The van der Waals surface area contributed by atoms with Crippen LogP contribution in [0.1, 0.15) is 19.4 Å². The van der Waals surface area contributed by atoms with Crippen LogP contribution in [0.25, 0.3) is 0 Å². The lowest BCUT2D eigenvalue weighted by atomic mass is 10.2. The molecule has 0 atom stereocenters. The van der Waals surface area contributed by atoms with Crippen molar-refractivity contribution in [1.29, 1.82) is 0 Å². The van der Waals surface area contributed by atoms with E-state index in [9.17, 15) is 8.42 Å². The van der Waals surface area contributed by atoms with Gasteiger partial charge in [0, 0.05) is 13.1 Å². The van der Waals surface area contributed by atoms with E-state index in [4.69, 9.17) is 17.3 Å². The summed E-state index contributed by atoms with van der Waals surface area (Å²) in [6.07, 6.45) is 0. The first-order valence-corrected chi connectivity index (χ1v) is 7.03. The fraction of sp³-hybridized carbons (Fsp3) is 0.455. The molecule has 0 aromatic heterocycles. The maximum Gasteiger partial charge on any atom is 0.243 e. The van der Waals surface area contributed by atoms with Crippen LogP contribution < -0.4 is 5.73 Å². The molecule has 0 saturated heterocycles. The van der Waals surface area contributed by atoms with Gasteiger partial charge in [0.1, 0.15) is 0 Å². The van der Waals surface area contributed by atoms with Crippen molar-refractivity contribution in [3.8, 4) is 0 Å². The predicted octanol–water partition coefficient (Wildman–Crippen LogP) is 2.26. The molecule has 0 fully saturated rings. The molecule has 0 heterocycles. The summed E-state index contributed by atoms with van der Waals surface area (Å²) in [4.78, 5) is 0.204. The van der Waals surface area contributed by atoms with Crippen LogP contribution in [0, 0.1) is 6.92 Å². The van der Waals surface area contributed by atoms with E-state index >= 15 is 0 Å². The molecule has 0 radical (unpaired) electrons. The summed E-state index contributed by atoms with van der Waals surface area (Å²) >= 11 is 5.84. The molecule has 17 heavy (non-hydrogen) atoms. The quantitative estimate of drug-likeness (QED) is 0.862. The van der Waals surface area contributed by atoms with Crippen molar-refractivity contribution in [2.24, 2.45) is 0 Å². The van der Waals surface area contributed by atoms with Gasteiger partial charge in [0.15, 0.2) is 0 Å². The summed E-state index contributed by atoms with van der Waals surface area (Å²) in [5.41, 5.74) is 6.51. The first-order chi connectivity index (χ1) is 7.67. The highest BCUT2D eigenvalue weighted by molar-refractivity contribution is 7.89. The molecule has 0 amide bonds. The second-order valence-corrected chi connectivity index (χ2v) is 6.63. The Balaban J connectivity index is 3.39. The van der Waals surface area contributed by atoms with E-state index in [2.05, 4.69) is 0 Å². The lowest BCUT2D eigenvalue weighted by molar-refractivity contribution is 0.410. The maximum atomic E-state index is 12.3. The van der Waals surface area contributed by atoms with Crippen LogP contribution in [0.2, 0.25) is 5.02 Å². The summed E-state index contributed by atoms with van der Waals surface area (Å²) in [5.74, 6) is 0. The lowest BCUT2D eigenvalue weighted by Crippen LogP contribution is -2.33. The fourth-order valence-electron chi connectivity index (χ4n) is 1.38. The topological polar surface area (TPSA) is 63.4 Å². The number of aryl methyl sites for hydroxylation is 1. The normalized spacial score (nSPS) is 12.4. The minimum atomic E-state index is -3.51. The molecule has 1 rings (SSSR count). The molecule has 0 aliphatic heterocycles. The first kappa shape index (κ1) is 14.3. The Hall–Kier alpha value is -0.780. The average Bonchev–Trinajstić information content (AvgIpc) is 2.21. The van der Waals surface area contributed by atoms with Gasteiger partial charge in [0.05, 0.1) is 15.6 Å². The first-order valence-electron chi connectivity index (χ1n) is 5.21. The Bertz CT molecular complexity index is 527. The highest BCUT2D eigenvalue weighted by Gasteiger charge is 2.25. The van der Waals surface area contributed by atoms with E-state index in [1.165, 1.54) is 10.4 Å². The Morgan fingerprint density at radius 1 is 1.35 bits per heavy atom. The summed E-state index contributed by atoms with van der Waals surface area (Å²) in [6, 6.07) is 2.86. The third kappa shape index (κ3) is 2.73. The minimum Gasteiger partial charge on any atom is -0.397 e. The smallest absolute Gasteiger partial charge is 0.243 e. The Morgan fingerprint density at radius 3 is 2.35 bits per heavy atom. The largest absolute Gasteiger partial charge is 0.397 e. The molecular weight excluding hydrogens is 260 g/mol. The standard InChI is InChI=1S/C11H17ClN2O2S/c1-7(2)14(4)17(15,16)11-6-10(13)9(12)5-8(11)3/h5-7H,13H2,1-4H3. The Morgan fingerprint density at radius 2 is 1.88 bits per heavy atom. The van der Waals surface area contributed by atoms with Gasteiger partial charge in [0.2, 0.25) is 10.0 Å². The summed E-state index contributed by atoms with van der Waals surface area (Å²) in [6.45, 7) is 5.32. The van der Waals surface area contributed by atoms with Gasteiger partial charge >= 0.3 is 0 Å². The molecule has 1 aromatic carbocycles. The van der Waals surface area contributed by atoms with E-state index in [0.29, 0.717) is 10.6 Å². The summed E-state index contributed by atoms with van der Waals surface area (Å²) < 4.78 is 25.9. The van der Waals surface area contributed by atoms with Crippen LogP contribution >= 0.6 is 11.6 Å². The number of rotatable bonds is 3. The second kappa shape index (κ2) is 4.84. The Kier molecular flexibility index (Phi) is 4.06. The van der Waals surface area contributed by atoms with E-state index in [1.807, 2.05) is 13.8 Å². The van der Waals surface area contributed by atoms with Crippen LogP contribution in [-0.2, 0) is 10.0 Å². The summed E-state index contributed by atoms with van der Waals surface area (Å²) in [7, 11) is -1.97. The third-order valence-electron chi connectivity index (χ3n) is 2.68. The van der Waals surface area contributed by atoms with E-state index < -0.39 is 10.0 Å². The van der Waals surface area contributed by atoms with Crippen LogP contribution in [-0.4, -0.2) is 25.8 Å². The number of sulfonamides is 1. The molecule has 0 spiro atoms. The molecule has 1 aromatic rings. The molecule has 0 unspecified atom stereocenters. The molecule has 0 aliphatic rings. The van der Waals surface area contributed by atoms with Crippen molar-refractivity contribution in [3.63, 3.8) is 0 Å². The molecule has 6 heteroatoms. The molecule has 4 nitrogen and oxygen atoms in total. The number of nitrogen functional groups attached to an aromatic ring is 1. The molecule has 0 bridgehead atoms. The van der Waals surface area contributed by atoms with Gasteiger partial charge in [-0.15, -0.1) is 0 Å². The number of anilines is 1. The van der Waals surface area contributed by atoms with Gasteiger partial charge in [-0.1, -0.05) is 11.6 Å². The summed E-state index contributed by atoms with van der Waals surface area (Å²) in [5, 5.41) is 0.369. The minimum absolute atomic E-state index is 0.115. The zero-order chi connectivity index (χ0) is 13.4. The van der Waals surface area contributed by atoms with E-state index in [0.717, 1.165) is 0 Å². The van der Waals surface area contributed by atoms with Crippen molar-refractivity contribution in [1.82, 2.24) is 4.31 Å². The van der Waals surface area contributed by atoms with Crippen LogP contribution in [0.4, 0.5) is 5.69 Å². The van der Waals surface area contributed by atoms with Crippen molar-refractivity contribution < 1.29 is 8.42 Å². The zero-order valence-electron chi connectivity index (χ0n) is 10.4. The number of hydrogen-bond acceptors (Lipinski definition) is 3. The van der Waals surface area contributed by atoms with Gasteiger partial charge in [0.25, 0.3) is 0 Å². The average molecular weight is 277 g/mol. The van der Waals surface area contributed by atoms with Crippen molar-refractivity contribution in [3.05, 3.63) is 22.7 Å². The van der Waals surface area contributed by atoms with Crippen LogP contribution in [0.5, 0.6) is 0 Å². The van der Waals surface area contributed by atoms with Crippen molar-refractivity contribution >= 4 is 27.3 Å². The number of halogens is 1. The van der Waals surface area contributed by atoms with Gasteiger partial charge in [-0.25, -0.2) is 8.42 Å². The highest BCUT2D eigenvalue weighted by atomic mass is 35.5.